The summed E-state index contributed by atoms with van der Waals surface area (Å²) in [7, 11) is 0. The number of hydrogen-bond donors (Lipinski definition) is 1. The number of H-pyrrole nitrogens is 1. The van der Waals surface area contributed by atoms with E-state index in [1.54, 1.807) is 39.4 Å². The van der Waals surface area contributed by atoms with Gasteiger partial charge in [-0.3, -0.25) is 8.97 Å². The van der Waals surface area contributed by atoms with Gasteiger partial charge in [0.2, 0.25) is 0 Å². The van der Waals surface area contributed by atoms with Crippen molar-refractivity contribution in [3.63, 3.8) is 0 Å². The van der Waals surface area contributed by atoms with Gasteiger partial charge in [-0.2, -0.15) is 0 Å². The van der Waals surface area contributed by atoms with Crippen LogP contribution in [0.4, 0.5) is 4.39 Å². The maximum atomic E-state index is 13.7. The van der Waals surface area contributed by atoms with Crippen molar-refractivity contribution in [3.05, 3.63) is 47.0 Å². The molecule has 1 unspecified atom stereocenters. The maximum absolute atomic E-state index is 13.7. The Morgan fingerprint density at radius 2 is 2.18 bits per heavy atom. The molecule has 5 rings (SSSR count). The van der Waals surface area contributed by atoms with E-state index in [1.165, 1.54) is 12.3 Å². The predicted molar refractivity (Wildman–Crippen MR) is 106 cm³/mol. The lowest BCUT2D eigenvalue weighted by molar-refractivity contribution is 0.285. The first-order valence-corrected chi connectivity index (χ1v) is 10.2. The fraction of sp³-hybridized carbons (Fsp3) is 0.333. The molecule has 0 amide bonds. The third kappa shape index (κ3) is 2.80. The maximum Gasteiger partial charge on any atom is 0.328 e. The van der Waals surface area contributed by atoms with Gasteiger partial charge in [0.1, 0.15) is 22.7 Å². The van der Waals surface area contributed by atoms with Crippen LogP contribution in [0, 0.1) is 5.82 Å². The van der Waals surface area contributed by atoms with Crippen LogP contribution in [-0.2, 0) is 0 Å². The van der Waals surface area contributed by atoms with E-state index in [1.807, 2.05) is 6.26 Å². The van der Waals surface area contributed by atoms with E-state index in [9.17, 15) is 9.18 Å². The third-order valence-corrected chi connectivity index (χ3v) is 5.99. The van der Waals surface area contributed by atoms with Crippen molar-refractivity contribution in [2.75, 3.05) is 19.3 Å². The van der Waals surface area contributed by atoms with Crippen LogP contribution in [0.1, 0.15) is 18.9 Å². The number of aromatic nitrogens is 6. The first kappa shape index (κ1) is 17.4. The normalized spacial score (nSPS) is 18.3. The molecule has 0 aromatic carbocycles. The molecule has 1 aliphatic heterocycles. The Kier molecular flexibility index (Phi) is 4.17. The highest BCUT2D eigenvalue weighted by Crippen LogP contribution is 2.27. The van der Waals surface area contributed by atoms with Crippen molar-refractivity contribution in [1.82, 2.24) is 33.2 Å². The van der Waals surface area contributed by atoms with E-state index in [0.717, 1.165) is 25.9 Å². The van der Waals surface area contributed by atoms with E-state index in [-0.39, 0.29) is 17.5 Å². The fourth-order valence-electron chi connectivity index (χ4n) is 3.80. The van der Waals surface area contributed by atoms with Crippen molar-refractivity contribution in [2.24, 2.45) is 0 Å². The number of pyridine rings is 1. The fourth-order valence-corrected chi connectivity index (χ4v) is 4.43. The van der Waals surface area contributed by atoms with Crippen LogP contribution in [0.3, 0.4) is 0 Å². The topological polar surface area (TPSA) is 84.1 Å². The minimum absolute atomic E-state index is 0.0461. The summed E-state index contributed by atoms with van der Waals surface area (Å²) >= 11 is 1.69. The number of imidazole rings is 2. The van der Waals surface area contributed by atoms with E-state index in [2.05, 4.69) is 24.2 Å². The van der Waals surface area contributed by atoms with Gasteiger partial charge in [0, 0.05) is 19.3 Å². The highest BCUT2D eigenvalue weighted by Gasteiger charge is 2.25. The number of rotatable bonds is 3. The number of halogens is 1. The highest BCUT2D eigenvalue weighted by atomic mass is 32.2. The molecule has 1 aliphatic rings. The molecular formula is C18H18FN7OS. The largest absolute Gasteiger partial charge is 0.328 e. The number of aromatic amines is 1. The zero-order valence-electron chi connectivity index (χ0n) is 15.2. The first-order chi connectivity index (χ1) is 13.6. The molecule has 8 nitrogen and oxygen atoms in total. The number of nitrogens with zero attached hydrogens (tertiary/aromatic N) is 6. The Morgan fingerprint density at radius 3 is 3.04 bits per heavy atom. The lowest BCUT2D eigenvalue weighted by Gasteiger charge is -2.31. The standard InChI is InChI=1S/C18H18FN7OS/c1-28-24-6-2-3-12(10-24)26-17-13(22-18(26)27)7-21-16(23-17)14-8-20-15-5-4-11(19)9-25(14)15/h4-5,7-9,12H,2-3,6,10H2,1H3,(H,22,27). The van der Waals surface area contributed by atoms with Gasteiger partial charge in [0.15, 0.2) is 11.5 Å². The third-order valence-electron chi connectivity index (χ3n) is 5.14. The van der Waals surface area contributed by atoms with Crippen LogP contribution in [0.25, 0.3) is 28.3 Å². The Balaban J connectivity index is 1.64. The van der Waals surface area contributed by atoms with E-state index < -0.39 is 0 Å². The van der Waals surface area contributed by atoms with Gasteiger partial charge in [-0.15, -0.1) is 0 Å². The Bertz CT molecular complexity index is 1230. The molecule has 0 bridgehead atoms. The molecule has 0 spiro atoms. The zero-order chi connectivity index (χ0) is 19.3. The smallest absolute Gasteiger partial charge is 0.303 e. The van der Waals surface area contributed by atoms with E-state index >= 15 is 0 Å². The van der Waals surface area contributed by atoms with Crippen molar-refractivity contribution in [1.29, 1.82) is 0 Å². The second-order valence-electron chi connectivity index (χ2n) is 6.82. The van der Waals surface area contributed by atoms with Crippen LogP contribution in [0.2, 0.25) is 0 Å². The molecule has 0 saturated carbocycles. The summed E-state index contributed by atoms with van der Waals surface area (Å²) in [4.78, 5) is 28.8. The Hall–Kier alpha value is -2.72. The Morgan fingerprint density at radius 1 is 1.29 bits per heavy atom. The number of nitrogens with one attached hydrogen (secondary N) is 1. The molecule has 1 atom stereocenters. The lowest BCUT2D eigenvalue weighted by atomic mass is 10.1. The summed E-state index contributed by atoms with van der Waals surface area (Å²) in [6.07, 6.45) is 8.56. The molecule has 1 fully saturated rings. The lowest BCUT2D eigenvalue weighted by Crippen LogP contribution is -2.35. The van der Waals surface area contributed by atoms with Crippen LogP contribution >= 0.6 is 11.9 Å². The van der Waals surface area contributed by atoms with Gasteiger partial charge in [0.05, 0.1) is 18.4 Å². The minimum Gasteiger partial charge on any atom is -0.303 e. The molecule has 10 heteroatoms. The van der Waals surface area contributed by atoms with Crippen LogP contribution in [-0.4, -0.2) is 52.6 Å². The summed E-state index contributed by atoms with van der Waals surface area (Å²) in [6.45, 7) is 1.80. The molecule has 5 heterocycles. The SMILES string of the molecule is CSN1CCCC(n2c(=O)[nH]c3cnc(-c4cnc5ccc(F)cn45)nc32)C1. The summed E-state index contributed by atoms with van der Waals surface area (Å²) in [5.41, 5.74) is 2.16. The summed E-state index contributed by atoms with van der Waals surface area (Å²) in [5, 5.41) is 0. The Labute approximate surface area is 163 Å². The second-order valence-corrected chi connectivity index (χ2v) is 7.70. The van der Waals surface area contributed by atoms with E-state index in [0.29, 0.717) is 28.3 Å². The molecule has 0 aliphatic carbocycles. The summed E-state index contributed by atoms with van der Waals surface area (Å²) in [6, 6.07) is 3.01. The molecule has 4 aromatic heterocycles. The van der Waals surface area contributed by atoms with Crippen LogP contribution in [0.15, 0.2) is 35.5 Å². The molecular weight excluding hydrogens is 381 g/mol. The monoisotopic (exact) mass is 399 g/mol. The molecule has 1 N–H and O–H groups in total. The van der Waals surface area contributed by atoms with Crippen LogP contribution < -0.4 is 5.69 Å². The minimum atomic E-state index is -0.370. The quantitative estimate of drug-likeness (QED) is 0.533. The van der Waals surface area contributed by atoms with E-state index in [4.69, 9.17) is 0 Å². The molecule has 28 heavy (non-hydrogen) atoms. The van der Waals surface area contributed by atoms with Gasteiger partial charge in [-0.25, -0.2) is 28.4 Å². The number of fused-ring (bicyclic) bond motifs is 2. The van der Waals surface area contributed by atoms with Crippen molar-refractivity contribution in [3.8, 4) is 11.5 Å². The van der Waals surface area contributed by atoms with Crippen molar-refractivity contribution < 1.29 is 4.39 Å². The van der Waals surface area contributed by atoms with Gasteiger partial charge in [-0.05, 0) is 31.2 Å². The van der Waals surface area contributed by atoms with Gasteiger partial charge in [-0.1, -0.05) is 11.9 Å². The average molecular weight is 399 g/mol. The predicted octanol–water partition coefficient (Wildman–Crippen LogP) is 2.49. The van der Waals surface area contributed by atoms with Crippen molar-refractivity contribution in [2.45, 2.75) is 18.9 Å². The van der Waals surface area contributed by atoms with Gasteiger partial charge in [0.25, 0.3) is 0 Å². The second kappa shape index (κ2) is 6.71. The number of piperidine rings is 1. The number of hydrogen-bond acceptors (Lipinski definition) is 6. The molecule has 144 valence electrons. The zero-order valence-corrected chi connectivity index (χ0v) is 16.0. The average Bonchev–Trinajstić information content (AvgIpc) is 3.27. The first-order valence-electron chi connectivity index (χ1n) is 9.03. The molecule has 4 aromatic rings. The summed E-state index contributed by atoms with van der Waals surface area (Å²) < 4.78 is 19.3. The van der Waals surface area contributed by atoms with Gasteiger partial charge >= 0.3 is 5.69 Å². The molecule has 1 saturated heterocycles. The van der Waals surface area contributed by atoms with Gasteiger partial charge < -0.3 is 4.98 Å². The molecule has 0 radical (unpaired) electrons. The van der Waals surface area contributed by atoms with Crippen molar-refractivity contribution >= 4 is 28.8 Å². The highest BCUT2D eigenvalue weighted by molar-refractivity contribution is 7.96. The van der Waals surface area contributed by atoms with Crippen LogP contribution in [0.5, 0.6) is 0 Å². The summed E-state index contributed by atoms with van der Waals surface area (Å²) in [5.74, 6) is 0.0293.